The first-order chi connectivity index (χ1) is 13.9. The summed E-state index contributed by atoms with van der Waals surface area (Å²) in [6.45, 7) is 5.95. The number of aromatic nitrogens is 2. The SMILES string of the molecule is CCOc1cc(C#N)cc(Br)c1OCC(=O)NC(c1nc(C2CC2)no1)C(C)C. The molecule has 1 aliphatic rings. The summed E-state index contributed by atoms with van der Waals surface area (Å²) in [5.74, 6) is 2.00. The zero-order chi connectivity index (χ0) is 21.0. The van der Waals surface area contributed by atoms with Gasteiger partial charge in [-0.2, -0.15) is 10.2 Å². The monoisotopic (exact) mass is 462 g/mol. The minimum Gasteiger partial charge on any atom is -0.490 e. The van der Waals surface area contributed by atoms with Gasteiger partial charge >= 0.3 is 0 Å². The molecular formula is C20H23BrN4O4. The van der Waals surface area contributed by atoms with Crippen LogP contribution in [0.3, 0.4) is 0 Å². The number of ether oxygens (including phenoxy) is 2. The molecule has 9 heteroatoms. The highest BCUT2D eigenvalue weighted by molar-refractivity contribution is 9.10. The molecule has 1 aliphatic carbocycles. The summed E-state index contributed by atoms with van der Waals surface area (Å²) in [7, 11) is 0. The minimum atomic E-state index is -0.401. The van der Waals surface area contributed by atoms with E-state index in [4.69, 9.17) is 19.3 Å². The number of nitrogens with one attached hydrogen (secondary N) is 1. The van der Waals surface area contributed by atoms with E-state index in [1.54, 1.807) is 12.1 Å². The van der Waals surface area contributed by atoms with Crippen LogP contribution in [-0.2, 0) is 4.79 Å². The van der Waals surface area contributed by atoms with Crippen molar-refractivity contribution in [3.05, 3.63) is 33.9 Å². The van der Waals surface area contributed by atoms with Crippen molar-refractivity contribution in [1.82, 2.24) is 15.5 Å². The molecule has 0 saturated heterocycles. The van der Waals surface area contributed by atoms with Gasteiger partial charge in [0.05, 0.1) is 22.7 Å². The molecule has 1 fully saturated rings. The molecule has 2 aromatic rings. The summed E-state index contributed by atoms with van der Waals surface area (Å²) < 4.78 is 17.1. The molecule has 1 saturated carbocycles. The van der Waals surface area contributed by atoms with Gasteiger partial charge in [-0.1, -0.05) is 19.0 Å². The standard InChI is InChI=1S/C20H23BrN4O4/c1-4-27-15-8-12(9-22)7-14(21)18(15)28-10-16(26)23-17(11(2)3)20-24-19(25-29-20)13-5-6-13/h7-8,11,13,17H,4-6,10H2,1-3H3,(H,23,26). The number of benzene rings is 1. The van der Waals surface area contributed by atoms with E-state index in [-0.39, 0.29) is 18.4 Å². The molecule has 1 atom stereocenters. The molecule has 0 aliphatic heterocycles. The molecule has 0 radical (unpaired) electrons. The van der Waals surface area contributed by atoms with Crippen LogP contribution in [0, 0.1) is 17.2 Å². The van der Waals surface area contributed by atoms with Crippen molar-refractivity contribution >= 4 is 21.8 Å². The van der Waals surface area contributed by atoms with E-state index in [1.165, 1.54) is 0 Å². The molecule has 1 aromatic heterocycles. The minimum absolute atomic E-state index is 0.0621. The lowest BCUT2D eigenvalue weighted by Gasteiger charge is -2.19. The van der Waals surface area contributed by atoms with Crippen LogP contribution in [0.2, 0.25) is 0 Å². The van der Waals surface area contributed by atoms with Crippen LogP contribution in [0.5, 0.6) is 11.5 Å². The highest BCUT2D eigenvalue weighted by Crippen LogP contribution is 2.39. The Labute approximate surface area is 177 Å². The third-order valence-electron chi connectivity index (χ3n) is 4.44. The Morgan fingerprint density at radius 3 is 2.79 bits per heavy atom. The summed E-state index contributed by atoms with van der Waals surface area (Å²) in [6.07, 6.45) is 2.15. The third-order valence-corrected chi connectivity index (χ3v) is 5.02. The maximum atomic E-state index is 12.5. The normalized spacial score (nSPS) is 14.3. The molecule has 1 heterocycles. The van der Waals surface area contributed by atoms with Gasteiger partial charge in [-0.3, -0.25) is 4.79 Å². The fourth-order valence-corrected chi connectivity index (χ4v) is 3.34. The zero-order valence-corrected chi connectivity index (χ0v) is 18.2. The van der Waals surface area contributed by atoms with Crippen molar-refractivity contribution in [1.29, 1.82) is 5.26 Å². The van der Waals surface area contributed by atoms with Gasteiger partial charge in [-0.25, -0.2) is 0 Å². The first-order valence-corrected chi connectivity index (χ1v) is 10.3. The van der Waals surface area contributed by atoms with Crippen LogP contribution in [0.15, 0.2) is 21.1 Å². The molecule has 3 rings (SSSR count). The summed E-state index contributed by atoms with van der Waals surface area (Å²) in [4.78, 5) is 17.0. The molecular weight excluding hydrogens is 440 g/mol. The molecule has 1 N–H and O–H groups in total. The van der Waals surface area contributed by atoms with E-state index >= 15 is 0 Å². The maximum absolute atomic E-state index is 12.5. The van der Waals surface area contributed by atoms with Crippen LogP contribution in [-0.4, -0.2) is 29.3 Å². The van der Waals surface area contributed by atoms with Crippen molar-refractivity contribution in [3.63, 3.8) is 0 Å². The van der Waals surface area contributed by atoms with Gasteiger partial charge < -0.3 is 19.3 Å². The predicted octanol–water partition coefficient (Wildman–Crippen LogP) is 3.87. The second-order valence-corrected chi connectivity index (χ2v) is 8.03. The van der Waals surface area contributed by atoms with Gasteiger partial charge in [0.1, 0.15) is 6.04 Å². The number of carbonyl (C=O) groups is 1. The molecule has 1 unspecified atom stereocenters. The second-order valence-electron chi connectivity index (χ2n) is 7.17. The van der Waals surface area contributed by atoms with Crippen molar-refractivity contribution in [2.24, 2.45) is 5.92 Å². The van der Waals surface area contributed by atoms with Crippen molar-refractivity contribution < 1.29 is 18.8 Å². The van der Waals surface area contributed by atoms with Gasteiger partial charge in [-0.15, -0.1) is 0 Å². The summed E-state index contributed by atoms with van der Waals surface area (Å²) in [6, 6.07) is 4.86. The van der Waals surface area contributed by atoms with Crippen LogP contribution >= 0.6 is 15.9 Å². The molecule has 0 bridgehead atoms. The first-order valence-electron chi connectivity index (χ1n) is 9.55. The molecule has 0 spiro atoms. The van der Waals surface area contributed by atoms with Crippen molar-refractivity contribution in [2.75, 3.05) is 13.2 Å². The van der Waals surface area contributed by atoms with Crippen molar-refractivity contribution in [2.45, 2.75) is 45.6 Å². The van der Waals surface area contributed by atoms with Crippen LogP contribution in [0.4, 0.5) is 0 Å². The average Bonchev–Trinajstić information content (AvgIpc) is 3.42. The molecule has 1 amide bonds. The van der Waals surface area contributed by atoms with E-state index < -0.39 is 6.04 Å². The Bertz CT molecular complexity index is 918. The number of carbonyl (C=O) groups excluding carboxylic acids is 1. The van der Waals surface area contributed by atoms with E-state index in [2.05, 4.69) is 37.5 Å². The Morgan fingerprint density at radius 1 is 1.41 bits per heavy atom. The fourth-order valence-electron chi connectivity index (χ4n) is 2.78. The van der Waals surface area contributed by atoms with Gasteiger partial charge in [0.2, 0.25) is 5.89 Å². The van der Waals surface area contributed by atoms with Gasteiger partial charge in [0, 0.05) is 12.0 Å². The topological polar surface area (TPSA) is 110 Å². The zero-order valence-electron chi connectivity index (χ0n) is 16.6. The molecule has 1 aromatic carbocycles. The third kappa shape index (κ3) is 5.26. The molecule has 154 valence electrons. The van der Waals surface area contributed by atoms with Crippen LogP contribution in [0.1, 0.15) is 62.9 Å². The Kier molecular flexibility index (Phi) is 6.75. The number of nitrogens with zero attached hydrogens (tertiary/aromatic N) is 3. The number of nitriles is 1. The second kappa shape index (κ2) is 9.27. The van der Waals surface area contributed by atoms with Crippen LogP contribution in [0.25, 0.3) is 0 Å². The fraction of sp³-hybridized carbons (Fsp3) is 0.500. The van der Waals surface area contributed by atoms with Crippen molar-refractivity contribution in [3.8, 4) is 17.6 Å². The number of amides is 1. The summed E-state index contributed by atoms with van der Waals surface area (Å²) >= 11 is 3.37. The predicted molar refractivity (Wildman–Crippen MR) is 108 cm³/mol. The summed E-state index contributed by atoms with van der Waals surface area (Å²) in [5, 5.41) is 16.0. The Morgan fingerprint density at radius 2 is 2.17 bits per heavy atom. The quantitative estimate of drug-likeness (QED) is 0.601. The maximum Gasteiger partial charge on any atom is 0.258 e. The lowest BCUT2D eigenvalue weighted by Crippen LogP contribution is -2.35. The number of halogens is 1. The Hall–Kier alpha value is -2.60. The van der Waals surface area contributed by atoms with E-state index in [0.29, 0.717) is 45.8 Å². The lowest BCUT2D eigenvalue weighted by atomic mass is 10.0. The summed E-state index contributed by atoms with van der Waals surface area (Å²) in [5.41, 5.74) is 0.430. The number of hydrogen-bond acceptors (Lipinski definition) is 7. The van der Waals surface area contributed by atoms with Gasteiger partial charge in [-0.05, 0) is 47.7 Å². The number of hydrogen-bond donors (Lipinski definition) is 1. The first kappa shape index (κ1) is 21.1. The van der Waals surface area contributed by atoms with E-state index in [9.17, 15) is 4.79 Å². The largest absolute Gasteiger partial charge is 0.490 e. The van der Waals surface area contributed by atoms with Gasteiger partial charge in [0.25, 0.3) is 5.91 Å². The Balaban J connectivity index is 1.67. The highest BCUT2D eigenvalue weighted by atomic mass is 79.9. The average molecular weight is 463 g/mol. The molecule has 29 heavy (non-hydrogen) atoms. The van der Waals surface area contributed by atoms with E-state index in [1.807, 2.05) is 20.8 Å². The smallest absolute Gasteiger partial charge is 0.258 e. The van der Waals surface area contributed by atoms with Gasteiger partial charge in [0.15, 0.2) is 23.9 Å². The molecule has 8 nitrogen and oxygen atoms in total. The number of rotatable bonds is 9. The van der Waals surface area contributed by atoms with E-state index in [0.717, 1.165) is 12.8 Å². The highest BCUT2D eigenvalue weighted by Gasteiger charge is 2.31. The lowest BCUT2D eigenvalue weighted by molar-refractivity contribution is -0.124. The van der Waals surface area contributed by atoms with Crippen LogP contribution < -0.4 is 14.8 Å².